The molecule has 3 rings (SSSR count). The van der Waals surface area contributed by atoms with Gasteiger partial charge in [-0.2, -0.15) is 0 Å². The number of aryl methyl sites for hydroxylation is 2. The molecule has 3 aromatic rings. The summed E-state index contributed by atoms with van der Waals surface area (Å²) in [6.07, 6.45) is 1.38. The Hall–Kier alpha value is -3.87. The van der Waals surface area contributed by atoms with Crippen molar-refractivity contribution >= 4 is 29.2 Å². The molecule has 0 aliphatic heterocycles. The molecule has 0 spiro atoms. The van der Waals surface area contributed by atoms with Crippen LogP contribution in [0, 0.1) is 13.8 Å². The van der Waals surface area contributed by atoms with Crippen LogP contribution in [0.25, 0.3) is 0 Å². The lowest BCUT2D eigenvalue weighted by Gasteiger charge is -2.11. The zero-order chi connectivity index (χ0) is 20.8. The largest absolute Gasteiger partial charge is 0.459 e. The summed E-state index contributed by atoms with van der Waals surface area (Å²) >= 11 is 0. The number of ether oxygens (including phenoxy) is 1. The van der Waals surface area contributed by atoms with Crippen molar-refractivity contribution in [2.24, 2.45) is 0 Å². The molecule has 0 fully saturated rings. The number of hydrogen-bond acceptors (Lipinski definition) is 5. The second-order valence-corrected chi connectivity index (χ2v) is 6.40. The van der Waals surface area contributed by atoms with Gasteiger partial charge < -0.3 is 19.8 Å². The fourth-order valence-electron chi connectivity index (χ4n) is 2.59. The molecule has 0 aliphatic rings. The van der Waals surface area contributed by atoms with Crippen LogP contribution < -0.4 is 10.6 Å². The van der Waals surface area contributed by atoms with Gasteiger partial charge in [0.1, 0.15) is 0 Å². The van der Waals surface area contributed by atoms with Crippen LogP contribution in [0.5, 0.6) is 0 Å². The van der Waals surface area contributed by atoms with Crippen molar-refractivity contribution in [2.75, 3.05) is 17.2 Å². The quantitative estimate of drug-likeness (QED) is 0.619. The molecule has 148 valence electrons. The summed E-state index contributed by atoms with van der Waals surface area (Å²) in [7, 11) is 0. The fourth-order valence-corrected chi connectivity index (χ4v) is 2.59. The van der Waals surface area contributed by atoms with E-state index in [-0.39, 0.29) is 17.0 Å². The molecule has 7 heteroatoms. The molecular weight excluding hydrogens is 372 g/mol. The van der Waals surface area contributed by atoms with E-state index in [4.69, 9.17) is 9.15 Å². The molecular formula is C22H20N2O5. The van der Waals surface area contributed by atoms with Crippen LogP contribution in [0.4, 0.5) is 11.4 Å². The Bertz CT molecular complexity index is 1040. The van der Waals surface area contributed by atoms with Crippen molar-refractivity contribution < 1.29 is 23.5 Å². The van der Waals surface area contributed by atoms with Crippen LogP contribution in [0.3, 0.4) is 0 Å². The predicted molar refractivity (Wildman–Crippen MR) is 108 cm³/mol. The van der Waals surface area contributed by atoms with Crippen molar-refractivity contribution in [2.45, 2.75) is 13.8 Å². The summed E-state index contributed by atoms with van der Waals surface area (Å²) in [5, 5.41) is 5.28. The monoisotopic (exact) mass is 392 g/mol. The van der Waals surface area contributed by atoms with Gasteiger partial charge in [0.15, 0.2) is 12.4 Å². The lowest BCUT2D eigenvalue weighted by Crippen LogP contribution is -2.22. The van der Waals surface area contributed by atoms with E-state index in [1.165, 1.54) is 18.4 Å². The first-order chi connectivity index (χ1) is 13.9. The zero-order valence-electron chi connectivity index (χ0n) is 16.0. The maximum atomic E-state index is 12.4. The number of hydrogen-bond donors (Lipinski definition) is 2. The second kappa shape index (κ2) is 8.88. The predicted octanol–water partition coefficient (Wildman–Crippen LogP) is 3.94. The lowest BCUT2D eigenvalue weighted by atomic mass is 10.1. The molecule has 0 radical (unpaired) electrons. The van der Waals surface area contributed by atoms with Gasteiger partial charge >= 0.3 is 5.97 Å². The van der Waals surface area contributed by atoms with Crippen molar-refractivity contribution in [3.8, 4) is 0 Å². The normalized spacial score (nSPS) is 10.3. The maximum Gasteiger partial charge on any atom is 0.340 e. The van der Waals surface area contributed by atoms with E-state index < -0.39 is 24.4 Å². The molecule has 0 saturated carbocycles. The van der Waals surface area contributed by atoms with Gasteiger partial charge in [0.25, 0.3) is 11.8 Å². The Kier molecular flexibility index (Phi) is 6.09. The number of para-hydroxylation sites is 1. The summed E-state index contributed by atoms with van der Waals surface area (Å²) in [6.45, 7) is 3.47. The Morgan fingerprint density at radius 1 is 0.931 bits per heavy atom. The molecule has 0 atom stereocenters. The summed E-state index contributed by atoms with van der Waals surface area (Å²) in [6, 6.07) is 15.0. The van der Waals surface area contributed by atoms with Crippen molar-refractivity contribution in [3.05, 3.63) is 83.3 Å². The van der Waals surface area contributed by atoms with Gasteiger partial charge in [-0.1, -0.05) is 18.2 Å². The van der Waals surface area contributed by atoms with E-state index in [1.54, 1.807) is 30.3 Å². The van der Waals surface area contributed by atoms with E-state index in [9.17, 15) is 14.4 Å². The first-order valence-electron chi connectivity index (χ1n) is 8.92. The topological polar surface area (TPSA) is 97.6 Å². The SMILES string of the molecule is Cc1ccc(NC(=O)COC(=O)c2ccccc2NC(=O)c2ccco2)cc1C. The molecule has 1 aromatic heterocycles. The highest BCUT2D eigenvalue weighted by atomic mass is 16.5. The van der Waals surface area contributed by atoms with E-state index in [0.717, 1.165) is 11.1 Å². The highest BCUT2D eigenvalue weighted by molar-refractivity contribution is 6.07. The number of carbonyl (C=O) groups is 3. The van der Waals surface area contributed by atoms with Gasteiger partial charge in [-0.15, -0.1) is 0 Å². The van der Waals surface area contributed by atoms with Crippen molar-refractivity contribution in [1.29, 1.82) is 0 Å². The molecule has 0 unspecified atom stereocenters. The van der Waals surface area contributed by atoms with Gasteiger partial charge in [0.05, 0.1) is 17.5 Å². The van der Waals surface area contributed by atoms with E-state index in [1.807, 2.05) is 26.0 Å². The minimum atomic E-state index is -0.726. The zero-order valence-corrected chi connectivity index (χ0v) is 16.0. The number of benzene rings is 2. The molecule has 0 saturated heterocycles. The Labute approximate surface area is 167 Å². The van der Waals surface area contributed by atoms with Gasteiger partial charge in [-0.3, -0.25) is 9.59 Å². The molecule has 29 heavy (non-hydrogen) atoms. The average Bonchev–Trinajstić information content (AvgIpc) is 3.24. The first kappa shape index (κ1) is 19.9. The van der Waals surface area contributed by atoms with Crippen LogP contribution >= 0.6 is 0 Å². The number of anilines is 2. The molecule has 2 aromatic carbocycles. The van der Waals surface area contributed by atoms with Gasteiger partial charge in [0, 0.05) is 5.69 Å². The number of esters is 1. The lowest BCUT2D eigenvalue weighted by molar-refractivity contribution is -0.119. The summed E-state index contributed by atoms with van der Waals surface area (Å²) in [5.74, 6) is -1.57. The number of amides is 2. The van der Waals surface area contributed by atoms with Crippen LogP contribution in [-0.4, -0.2) is 24.4 Å². The third-order valence-corrected chi connectivity index (χ3v) is 4.27. The molecule has 2 N–H and O–H groups in total. The highest BCUT2D eigenvalue weighted by Gasteiger charge is 2.17. The molecule has 0 aliphatic carbocycles. The standard InChI is InChI=1S/C22H20N2O5/c1-14-9-10-16(12-15(14)2)23-20(25)13-29-22(27)17-6-3-4-7-18(17)24-21(26)19-8-5-11-28-19/h3-12H,13H2,1-2H3,(H,23,25)(H,24,26). The smallest absolute Gasteiger partial charge is 0.340 e. The van der Waals surface area contributed by atoms with Crippen LogP contribution in [0.15, 0.2) is 65.3 Å². The van der Waals surface area contributed by atoms with E-state index >= 15 is 0 Å². The average molecular weight is 392 g/mol. The number of furan rings is 1. The van der Waals surface area contributed by atoms with Crippen molar-refractivity contribution in [1.82, 2.24) is 0 Å². The van der Waals surface area contributed by atoms with Crippen LogP contribution in [0.1, 0.15) is 32.0 Å². The third-order valence-electron chi connectivity index (χ3n) is 4.27. The minimum Gasteiger partial charge on any atom is -0.459 e. The van der Waals surface area contributed by atoms with Crippen LogP contribution in [0.2, 0.25) is 0 Å². The van der Waals surface area contributed by atoms with Gasteiger partial charge in [0.2, 0.25) is 0 Å². The van der Waals surface area contributed by atoms with E-state index in [2.05, 4.69) is 10.6 Å². The number of nitrogens with one attached hydrogen (secondary N) is 2. The van der Waals surface area contributed by atoms with Crippen LogP contribution in [-0.2, 0) is 9.53 Å². The Morgan fingerprint density at radius 2 is 1.72 bits per heavy atom. The Balaban J connectivity index is 1.61. The number of rotatable bonds is 6. The second-order valence-electron chi connectivity index (χ2n) is 6.40. The maximum absolute atomic E-state index is 12.4. The van der Waals surface area contributed by atoms with E-state index in [0.29, 0.717) is 5.69 Å². The fraction of sp³-hybridized carbons (Fsp3) is 0.136. The molecule has 2 amide bonds. The summed E-state index contributed by atoms with van der Waals surface area (Å²) < 4.78 is 10.1. The first-order valence-corrected chi connectivity index (χ1v) is 8.92. The third kappa shape index (κ3) is 5.10. The minimum absolute atomic E-state index is 0.112. The molecule has 7 nitrogen and oxygen atoms in total. The molecule has 1 heterocycles. The summed E-state index contributed by atoms with van der Waals surface area (Å²) in [4.78, 5) is 36.7. The highest BCUT2D eigenvalue weighted by Crippen LogP contribution is 2.18. The van der Waals surface area contributed by atoms with Gasteiger partial charge in [-0.05, 0) is 61.4 Å². The summed E-state index contributed by atoms with van der Waals surface area (Å²) in [5.41, 5.74) is 3.17. The number of carbonyl (C=O) groups excluding carboxylic acids is 3. The van der Waals surface area contributed by atoms with Gasteiger partial charge in [-0.25, -0.2) is 4.79 Å². The van der Waals surface area contributed by atoms with Crippen molar-refractivity contribution in [3.63, 3.8) is 0 Å². The Morgan fingerprint density at radius 3 is 2.45 bits per heavy atom. The molecule has 0 bridgehead atoms.